The van der Waals surface area contributed by atoms with E-state index in [4.69, 9.17) is 0 Å². The molecule has 140 valence electrons. The molecule has 0 aliphatic carbocycles. The predicted octanol–water partition coefficient (Wildman–Crippen LogP) is 1.98. The van der Waals surface area contributed by atoms with Crippen LogP contribution in [-0.4, -0.2) is 53.4 Å². The Morgan fingerprint density at radius 1 is 1.15 bits per heavy atom. The van der Waals surface area contributed by atoms with E-state index in [0.29, 0.717) is 18.2 Å². The molecule has 6 nitrogen and oxygen atoms in total. The normalized spacial score (nSPS) is 11.7. The average Bonchev–Trinajstić information content (AvgIpc) is 2.53. The molecule has 0 aliphatic rings. The van der Waals surface area contributed by atoms with Crippen molar-refractivity contribution in [1.29, 1.82) is 0 Å². The molecule has 0 aliphatic heterocycles. The number of alkyl halides is 3. The molecule has 1 amide bonds. The third kappa shape index (κ3) is 5.16. The Hall–Kier alpha value is -2.68. The second kappa shape index (κ2) is 7.69. The summed E-state index contributed by atoms with van der Waals surface area (Å²) in [6.07, 6.45) is -4.69. The smallest absolute Gasteiger partial charge is 0.348 e. The summed E-state index contributed by atoms with van der Waals surface area (Å²) in [4.78, 5) is 32.2. The van der Waals surface area contributed by atoms with Crippen molar-refractivity contribution in [3.63, 3.8) is 0 Å². The zero-order valence-corrected chi connectivity index (χ0v) is 14.6. The number of rotatable bonds is 5. The second-order valence-corrected chi connectivity index (χ2v) is 6.13. The number of aromatic amines is 1. The molecule has 1 N–H and O–H groups in total. The van der Waals surface area contributed by atoms with Crippen molar-refractivity contribution in [1.82, 2.24) is 19.8 Å². The summed E-state index contributed by atoms with van der Waals surface area (Å²) in [5.41, 5.74) is -0.864. The van der Waals surface area contributed by atoms with E-state index in [9.17, 15) is 22.8 Å². The molecule has 0 radical (unpaired) electrons. The van der Waals surface area contributed by atoms with Gasteiger partial charge < -0.3 is 9.88 Å². The number of benzene rings is 1. The first kappa shape index (κ1) is 19.6. The Labute approximate surface area is 148 Å². The van der Waals surface area contributed by atoms with E-state index < -0.39 is 17.4 Å². The first-order chi connectivity index (χ1) is 12.1. The highest BCUT2D eigenvalue weighted by Gasteiger charge is 2.33. The number of nitrogens with zero attached hydrogens (tertiary/aromatic N) is 3. The van der Waals surface area contributed by atoms with Crippen molar-refractivity contribution >= 4 is 5.91 Å². The monoisotopic (exact) mass is 368 g/mol. The highest BCUT2D eigenvalue weighted by atomic mass is 19.4. The van der Waals surface area contributed by atoms with Gasteiger partial charge in [0.1, 0.15) is 5.82 Å². The lowest BCUT2D eigenvalue weighted by Gasteiger charge is -2.19. The van der Waals surface area contributed by atoms with Gasteiger partial charge in [0.2, 0.25) is 5.91 Å². The van der Waals surface area contributed by atoms with Crippen LogP contribution in [-0.2, 0) is 17.5 Å². The van der Waals surface area contributed by atoms with Crippen LogP contribution >= 0.6 is 0 Å². The van der Waals surface area contributed by atoms with Crippen LogP contribution in [0.2, 0.25) is 0 Å². The number of amides is 1. The van der Waals surface area contributed by atoms with Gasteiger partial charge in [-0.25, -0.2) is 4.98 Å². The van der Waals surface area contributed by atoms with E-state index in [-0.39, 0.29) is 18.3 Å². The molecule has 0 atom stereocenters. The van der Waals surface area contributed by atoms with Gasteiger partial charge in [0, 0.05) is 32.3 Å². The summed E-state index contributed by atoms with van der Waals surface area (Å²) >= 11 is 0. The third-order valence-corrected chi connectivity index (χ3v) is 3.62. The number of hydrogen-bond acceptors (Lipinski definition) is 4. The maximum absolute atomic E-state index is 12.8. The lowest BCUT2D eigenvalue weighted by molar-refractivity contribution is -0.141. The van der Waals surface area contributed by atoms with Crippen LogP contribution in [0.15, 0.2) is 35.1 Å². The number of nitrogens with one attached hydrogen (secondary N) is 1. The highest BCUT2D eigenvalue weighted by molar-refractivity contribution is 5.77. The number of H-pyrrole nitrogens is 1. The molecule has 9 heteroatoms. The van der Waals surface area contributed by atoms with Gasteiger partial charge in [-0.3, -0.25) is 14.5 Å². The minimum Gasteiger partial charge on any atom is -0.348 e. The summed E-state index contributed by atoms with van der Waals surface area (Å²) in [5.74, 6) is -0.178. The molecule has 0 fully saturated rings. The standard InChI is InChI=1S/C17H19F3N4O2/c1-23(2)15(26)10-24(3)9-11-4-6-12(7-5-11)16-21-13(17(18,19)20)8-14(25)22-16/h4-8H,9-10H2,1-3H3,(H,21,22,25). The topological polar surface area (TPSA) is 69.3 Å². The second-order valence-electron chi connectivity index (χ2n) is 6.13. The molecule has 1 heterocycles. The fourth-order valence-electron chi connectivity index (χ4n) is 2.25. The molecule has 1 aromatic heterocycles. The van der Waals surface area contributed by atoms with Crippen LogP contribution in [0.1, 0.15) is 11.3 Å². The maximum Gasteiger partial charge on any atom is 0.433 e. The maximum atomic E-state index is 12.8. The minimum absolute atomic E-state index is 0.0325. The fraction of sp³-hybridized carbons (Fsp3) is 0.353. The minimum atomic E-state index is -4.69. The number of carbonyl (C=O) groups excluding carboxylic acids is 1. The van der Waals surface area contributed by atoms with Crippen molar-refractivity contribution in [2.45, 2.75) is 12.7 Å². The Kier molecular flexibility index (Phi) is 5.81. The Bertz CT molecular complexity index is 829. The Morgan fingerprint density at radius 3 is 2.31 bits per heavy atom. The molecule has 0 unspecified atom stereocenters. The number of hydrogen-bond donors (Lipinski definition) is 1. The van der Waals surface area contributed by atoms with Crippen LogP contribution in [0.5, 0.6) is 0 Å². The Morgan fingerprint density at radius 2 is 1.77 bits per heavy atom. The van der Waals surface area contributed by atoms with E-state index in [0.717, 1.165) is 5.56 Å². The Balaban J connectivity index is 2.16. The summed E-state index contributed by atoms with van der Waals surface area (Å²) in [6, 6.07) is 7.01. The number of halogens is 3. The van der Waals surface area contributed by atoms with E-state index in [2.05, 4.69) is 9.97 Å². The van der Waals surface area contributed by atoms with Crippen molar-refractivity contribution in [3.05, 3.63) is 51.9 Å². The first-order valence-electron chi connectivity index (χ1n) is 7.73. The van der Waals surface area contributed by atoms with Gasteiger partial charge in [0.05, 0.1) is 6.54 Å². The quantitative estimate of drug-likeness (QED) is 0.876. The molecular weight excluding hydrogens is 349 g/mol. The van der Waals surface area contributed by atoms with E-state index in [1.54, 1.807) is 45.4 Å². The SMILES string of the molecule is CN(CC(=O)N(C)C)Cc1ccc(-c2nc(C(F)(F)F)cc(=O)[nH]2)cc1. The van der Waals surface area contributed by atoms with Crippen molar-refractivity contribution in [2.24, 2.45) is 0 Å². The largest absolute Gasteiger partial charge is 0.433 e. The zero-order chi connectivity index (χ0) is 19.5. The van der Waals surface area contributed by atoms with Gasteiger partial charge in [-0.15, -0.1) is 0 Å². The molecule has 0 saturated heterocycles. The number of carbonyl (C=O) groups is 1. The zero-order valence-electron chi connectivity index (χ0n) is 14.6. The number of likely N-dealkylation sites (N-methyl/N-ethyl adjacent to an activating group) is 2. The lowest BCUT2D eigenvalue weighted by Crippen LogP contribution is -2.34. The average molecular weight is 368 g/mol. The van der Waals surface area contributed by atoms with Gasteiger partial charge in [0.15, 0.2) is 5.69 Å². The van der Waals surface area contributed by atoms with Gasteiger partial charge in [-0.1, -0.05) is 24.3 Å². The third-order valence-electron chi connectivity index (χ3n) is 3.62. The lowest BCUT2D eigenvalue weighted by atomic mass is 10.1. The van der Waals surface area contributed by atoms with Crippen LogP contribution in [0.3, 0.4) is 0 Å². The van der Waals surface area contributed by atoms with Crippen LogP contribution in [0.25, 0.3) is 11.4 Å². The molecular formula is C17H19F3N4O2. The van der Waals surface area contributed by atoms with Crippen molar-refractivity contribution < 1.29 is 18.0 Å². The molecule has 2 aromatic rings. The van der Waals surface area contributed by atoms with Crippen LogP contribution < -0.4 is 5.56 Å². The van der Waals surface area contributed by atoms with E-state index in [1.165, 1.54) is 4.90 Å². The van der Waals surface area contributed by atoms with Crippen molar-refractivity contribution in [2.75, 3.05) is 27.7 Å². The van der Waals surface area contributed by atoms with Gasteiger partial charge in [-0.05, 0) is 12.6 Å². The predicted molar refractivity (Wildman–Crippen MR) is 90.3 cm³/mol. The summed E-state index contributed by atoms with van der Waals surface area (Å²) in [7, 11) is 5.14. The first-order valence-corrected chi connectivity index (χ1v) is 7.73. The molecule has 0 bridgehead atoms. The van der Waals surface area contributed by atoms with Crippen molar-refractivity contribution in [3.8, 4) is 11.4 Å². The van der Waals surface area contributed by atoms with E-state index in [1.807, 2.05) is 4.90 Å². The molecule has 1 aromatic carbocycles. The molecule has 0 saturated carbocycles. The van der Waals surface area contributed by atoms with Gasteiger partial charge in [0.25, 0.3) is 5.56 Å². The van der Waals surface area contributed by atoms with Gasteiger partial charge >= 0.3 is 6.18 Å². The fourth-order valence-corrected chi connectivity index (χ4v) is 2.25. The van der Waals surface area contributed by atoms with Crippen LogP contribution in [0, 0.1) is 0 Å². The highest BCUT2D eigenvalue weighted by Crippen LogP contribution is 2.27. The number of aromatic nitrogens is 2. The van der Waals surface area contributed by atoms with Gasteiger partial charge in [-0.2, -0.15) is 13.2 Å². The summed E-state index contributed by atoms with van der Waals surface area (Å²) < 4.78 is 38.3. The summed E-state index contributed by atoms with van der Waals surface area (Å²) in [5, 5.41) is 0. The van der Waals surface area contributed by atoms with E-state index >= 15 is 0 Å². The summed E-state index contributed by atoms with van der Waals surface area (Å²) in [6.45, 7) is 0.740. The van der Waals surface area contributed by atoms with Crippen LogP contribution in [0.4, 0.5) is 13.2 Å². The molecule has 26 heavy (non-hydrogen) atoms. The molecule has 0 spiro atoms. The molecule has 2 rings (SSSR count).